The van der Waals surface area contributed by atoms with Gasteiger partial charge in [0.2, 0.25) is 0 Å². The third kappa shape index (κ3) is 2.30. The largest absolute Gasteiger partial charge is 0.479 e. The number of carbonyl (C=O) groups excluding carboxylic acids is 1. The first-order valence-electron chi connectivity index (χ1n) is 5.21. The Morgan fingerprint density at radius 2 is 2.22 bits per heavy atom. The summed E-state index contributed by atoms with van der Waals surface area (Å²) in [7, 11) is 0. The van der Waals surface area contributed by atoms with E-state index in [4.69, 9.17) is 10.2 Å². The summed E-state index contributed by atoms with van der Waals surface area (Å²) in [6.45, 7) is -0.349. The van der Waals surface area contributed by atoms with Crippen molar-refractivity contribution in [3.8, 4) is 0 Å². The number of nitrogens with zero attached hydrogens (tertiary/aromatic N) is 2. The molecule has 2 aromatic rings. The van der Waals surface area contributed by atoms with Crippen LogP contribution in [0.2, 0.25) is 0 Å². The molecule has 0 fully saturated rings. The van der Waals surface area contributed by atoms with Crippen molar-refractivity contribution in [2.45, 2.75) is 6.10 Å². The number of nitrogens with one attached hydrogen (secondary N) is 1. The second kappa shape index (κ2) is 4.84. The number of aromatic nitrogens is 2. The third-order valence-electron chi connectivity index (χ3n) is 2.41. The van der Waals surface area contributed by atoms with E-state index in [0.29, 0.717) is 11.1 Å². The lowest BCUT2D eigenvalue weighted by Gasteiger charge is -2.06. The quantitative estimate of drug-likeness (QED) is 0.678. The Hall–Kier alpha value is -2.41. The van der Waals surface area contributed by atoms with Crippen molar-refractivity contribution < 1.29 is 19.8 Å². The molecule has 0 unspecified atom stereocenters. The average Bonchev–Trinajstić information content (AvgIpc) is 2.79. The van der Waals surface area contributed by atoms with Crippen LogP contribution in [0.3, 0.4) is 0 Å². The Bertz CT molecular complexity index is 593. The van der Waals surface area contributed by atoms with Gasteiger partial charge in [-0.3, -0.25) is 4.79 Å². The minimum Gasteiger partial charge on any atom is -0.479 e. The summed E-state index contributed by atoms with van der Waals surface area (Å²) in [5, 5.41) is 23.8. The number of aliphatic hydroxyl groups is 1. The number of aliphatic carboxylic acids is 1. The van der Waals surface area contributed by atoms with E-state index in [1.807, 2.05) is 0 Å². The summed E-state index contributed by atoms with van der Waals surface area (Å²) in [5.74, 6) is -1.85. The number of pyridine rings is 1. The van der Waals surface area contributed by atoms with Crippen molar-refractivity contribution in [3.63, 3.8) is 0 Å². The molecule has 1 atom stereocenters. The normalized spacial score (nSPS) is 12.3. The lowest BCUT2D eigenvalue weighted by atomic mass is 10.2. The van der Waals surface area contributed by atoms with Crippen LogP contribution in [0, 0.1) is 0 Å². The third-order valence-corrected chi connectivity index (χ3v) is 2.41. The van der Waals surface area contributed by atoms with Gasteiger partial charge in [0, 0.05) is 6.20 Å². The standard InChI is InChI=1S/C11H11N3O4/c15-9(11(17)18)6-12-10(16)7-5-13-14-4-2-1-3-8(7)14/h1-5,9,15H,6H2,(H,12,16)(H,17,18)/t9-/m0/s1. The molecule has 0 radical (unpaired) electrons. The Morgan fingerprint density at radius 3 is 2.94 bits per heavy atom. The molecule has 7 nitrogen and oxygen atoms in total. The predicted molar refractivity (Wildman–Crippen MR) is 61.2 cm³/mol. The fourth-order valence-electron chi connectivity index (χ4n) is 1.48. The van der Waals surface area contributed by atoms with E-state index in [9.17, 15) is 9.59 Å². The van der Waals surface area contributed by atoms with Crippen LogP contribution in [0.5, 0.6) is 0 Å². The van der Waals surface area contributed by atoms with Gasteiger partial charge in [-0.25, -0.2) is 9.31 Å². The summed E-state index contributed by atoms with van der Waals surface area (Å²) in [6.07, 6.45) is 1.46. The topological polar surface area (TPSA) is 104 Å². The summed E-state index contributed by atoms with van der Waals surface area (Å²) in [6, 6.07) is 5.26. The van der Waals surface area contributed by atoms with Crippen LogP contribution in [0.15, 0.2) is 30.6 Å². The molecule has 0 aliphatic rings. The minimum atomic E-state index is -1.62. The Labute approximate surface area is 102 Å². The zero-order valence-corrected chi connectivity index (χ0v) is 9.28. The summed E-state index contributed by atoms with van der Waals surface area (Å²) >= 11 is 0. The van der Waals surface area contributed by atoms with Gasteiger partial charge in [-0.1, -0.05) is 6.07 Å². The lowest BCUT2D eigenvalue weighted by molar-refractivity contribution is -0.146. The maximum absolute atomic E-state index is 11.8. The van der Waals surface area contributed by atoms with Crippen LogP contribution >= 0.6 is 0 Å². The van der Waals surface area contributed by atoms with Crippen LogP contribution in [-0.2, 0) is 4.79 Å². The number of fused-ring (bicyclic) bond motifs is 1. The highest BCUT2D eigenvalue weighted by molar-refractivity contribution is 6.00. The molecule has 0 aliphatic heterocycles. The van der Waals surface area contributed by atoms with Crippen LogP contribution in [0.1, 0.15) is 10.4 Å². The van der Waals surface area contributed by atoms with Crippen molar-refractivity contribution in [1.29, 1.82) is 0 Å². The molecule has 0 saturated carbocycles. The van der Waals surface area contributed by atoms with Gasteiger partial charge in [0.25, 0.3) is 5.91 Å². The molecule has 94 valence electrons. The minimum absolute atomic E-state index is 0.327. The number of carboxylic acid groups (broad SMARTS) is 1. The van der Waals surface area contributed by atoms with Crippen LogP contribution in [-0.4, -0.2) is 44.4 Å². The van der Waals surface area contributed by atoms with E-state index in [1.165, 1.54) is 10.7 Å². The fraction of sp³-hybridized carbons (Fsp3) is 0.182. The molecule has 2 aromatic heterocycles. The van der Waals surface area contributed by atoms with Gasteiger partial charge >= 0.3 is 5.97 Å². The molecule has 0 saturated heterocycles. The lowest BCUT2D eigenvalue weighted by Crippen LogP contribution is -2.36. The molecule has 2 heterocycles. The highest BCUT2D eigenvalue weighted by Crippen LogP contribution is 2.09. The molecule has 0 bridgehead atoms. The van der Waals surface area contributed by atoms with Gasteiger partial charge in [-0.2, -0.15) is 5.10 Å². The fourth-order valence-corrected chi connectivity index (χ4v) is 1.48. The number of aliphatic hydroxyl groups excluding tert-OH is 1. The second-order valence-corrected chi connectivity index (χ2v) is 3.65. The van der Waals surface area contributed by atoms with Crippen molar-refractivity contribution in [1.82, 2.24) is 14.9 Å². The van der Waals surface area contributed by atoms with E-state index in [0.717, 1.165) is 0 Å². The Kier molecular flexibility index (Phi) is 3.24. The molecular weight excluding hydrogens is 238 g/mol. The maximum atomic E-state index is 11.8. The molecule has 2 rings (SSSR count). The van der Waals surface area contributed by atoms with Crippen molar-refractivity contribution in [2.24, 2.45) is 0 Å². The highest BCUT2D eigenvalue weighted by atomic mass is 16.4. The summed E-state index contributed by atoms with van der Waals surface area (Å²) in [4.78, 5) is 22.2. The molecule has 0 aromatic carbocycles. The zero-order chi connectivity index (χ0) is 13.1. The number of carbonyl (C=O) groups is 2. The molecule has 0 aliphatic carbocycles. The molecule has 3 N–H and O–H groups in total. The van der Waals surface area contributed by atoms with E-state index in [-0.39, 0.29) is 6.54 Å². The van der Waals surface area contributed by atoms with Crippen molar-refractivity contribution >= 4 is 17.4 Å². The number of amides is 1. The monoisotopic (exact) mass is 249 g/mol. The van der Waals surface area contributed by atoms with Crippen LogP contribution < -0.4 is 5.32 Å². The average molecular weight is 249 g/mol. The van der Waals surface area contributed by atoms with Gasteiger partial charge in [0.15, 0.2) is 6.10 Å². The zero-order valence-electron chi connectivity index (χ0n) is 9.28. The number of rotatable bonds is 4. The van der Waals surface area contributed by atoms with Gasteiger partial charge in [-0.15, -0.1) is 0 Å². The smallest absolute Gasteiger partial charge is 0.334 e. The van der Waals surface area contributed by atoms with Gasteiger partial charge in [0.1, 0.15) is 0 Å². The number of hydrogen-bond acceptors (Lipinski definition) is 4. The maximum Gasteiger partial charge on any atom is 0.334 e. The van der Waals surface area contributed by atoms with E-state index in [2.05, 4.69) is 10.4 Å². The number of carboxylic acids is 1. The van der Waals surface area contributed by atoms with Crippen molar-refractivity contribution in [3.05, 3.63) is 36.2 Å². The van der Waals surface area contributed by atoms with E-state index in [1.54, 1.807) is 24.4 Å². The first-order chi connectivity index (χ1) is 8.59. The summed E-state index contributed by atoms with van der Waals surface area (Å²) < 4.78 is 1.53. The molecule has 1 amide bonds. The molecule has 7 heteroatoms. The Balaban J connectivity index is 2.12. The Morgan fingerprint density at radius 1 is 1.44 bits per heavy atom. The van der Waals surface area contributed by atoms with E-state index < -0.39 is 18.0 Å². The van der Waals surface area contributed by atoms with Gasteiger partial charge in [0.05, 0.1) is 23.8 Å². The summed E-state index contributed by atoms with van der Waals surface area (Å²) in [5.41, 5.74) is 0.938. The van der Waals surface area contributed by atoms with Crippen LogP contribution in [0.25, 0.3) is 5.52 Å². The SMILES string of the molecule is O=C(NC[C@H](O)C(=O)O)c1cnn2ccccc12. The first-order valence-corrected chi connectivity index (χ1v) is 5.21. The van der Waals surface area contributed by atoms with Crippen molar-refractivity contribution in [2.75, 3.05) is 6.54 Å². The second-order valence-electron chi connectivity index (χ2n) is 3.65. The molecule has 18 heavy (non-hydrogen) atoms. The molecular formula is C11H11N3O4. The predicted octanol–water partition coefficient (Wildman–Crippen LogP) is -0.490. The first kappa shape index (κ1) is 12.1. The van der Waals surface area contributed by atoms with Gasteiger partial charge in [-0.05, 0) is 12.1 Å². The van der Waals surface area contributed by atoms with Crippen LogP contribution in [0.4, 0.5) is 0 Å². The number of hydrogen-bond donors (Lipinski definition) is 3. The molecule has 0 spiro atoms. The van der Waals surface area contributed by atoms with E-state index >= 15 is 0 Å². The van der Waals surface area contributed by atoms with Gasteiger partial charge < -0.3 is 15.5 Å². The highest BCUT2D eigenvalue weighted by Gasteiger charge is 2.17.